The van der Waals surface area contributed by atoms with Crippen LogP contribution in [0.2, 0.25) is 0 Å². The number of fused-ring (bicyclic) bond motifs is 1. The van der Waals surface area contributed by atoms with Crippen molar-refractivity contribution in [2.45, 2.75) is 44.2 Å². The predicted molar refractivity (Wildman–Crippen MR) is 109 cm³/mol. The zero-order chi connectivity index (χ0) is 20.4. The SMILES string of the molecule is CC[C@@]1(c2ccccc2)NC(=O)N(CC(=O)N[C@@H]2CCCc3ccccc32)C1=O. The molecule has 0 bridgehead atoms. The summed E-state index contributed by atoms with van der Waals surface area (Å²) in [5, 5.41) is 5.83. The van der Waals surface area contributed by atoms with Crippen LogP contribution in [-0.2, 0) is 21.5 Å². The molecular weight excluding hydrogens is 366 g/mol. The summed E-state index contributed by atoms with van der Waals surface area (Å²) in [6.07, 6.45) is 3.27. The fourth-order valence-electron chi connectivity index (χ4n) is 4.42. The minimum atomic E-state index is -1.12. The number of rotatable bonds is 5. The Labute approximate surface area is 170 Å². The molecule has 2 N–H and O–H groups in total. The van der Waals surface area contributed by atoms with Gasteiger partial charge in [-0.3, -0.25) is 14.5 Å². The van der Waals surface area contributed by atoms with E-state index in [0.29, 0.717) is 6.42 Å². The van der Waals surface area contributed by atoms with Gasteiger partial charge in [0.05, 0.1) is 6.04 Å². The van der Waals surface area contributed by atoms with E-state index in [1.54, 1.807) is 0 Å². The van der Waals surface area contributed by atoms with E-state index in [-0.39, 0.29) is 24.4 Å². The number of benzene rings is 2. The Bertz CT molecular complexity index is 943. The van der Waals surface area contributed by atoms with Gasteiger partial charge in [-0.2, -0.15) is 0 Å². The summed E-state index contributed by atoms with van der Waals surface area (Å²) in [6.45, 7) is 1.58. The molecule has 4 rings (SSSR count). The molecule has 2 aliphatic rings. The summed E-state index contributed by atoms with van der Waals surface area (Å²) >= 11 is 0. The first-order valence-electron chi connectivity index (χ1n) is 10.1. The van der Waals surface area contributed by atoms with Crippen LogP contribution in [0.4, 0.5) is 4.79 Å². The molecule has 0 saturated carbocycles. The quantitative estimate of drug-likeness (QED) is 0.769. The van der Waals surface area contributed by atoms with Crippen LogP contribution in [0.25, 0.3) is 0 Å². The topological polar surface area (TPSA) is 78.5 Å². The van der Waals surface area contributed by atoms with Crippen molar-refractivity contribution >= 4 is 17.8 Å². The molecular formula is C23H25N3O3. The Morgan fingerprint density at radius 1 is 1.14 bits per heavy atom. The van der Waals surface area contributed by atoms with Gasteiger partial charge in [0.1, 0.15) is 12.1 Å². The predicted octanol–water partition coefficient (Wildman–Crippen LogP) is 3.04. The van der Waals surface area contributed by atoms with Crippen molar-refractivity contribution in [3.63, 3.8) is 0 Å². The molecule has 4 amide bonds. The first kappa shape index (κ1) is 19.2. The van der Waals surface area contributed by atoms with Crippen LogP contribution in [0.15, 0.2) is 54.6 Å². The van der Waals surface area contributed by atoms with Gasteiger partial charge in [0.15, 0.2) is 0 Å². The molecule has 6 heteroatoms. The Hall–Kier alpha value is -3.15. The number of carbonyl (C=O) groups is 3. The van der Waals surface area contributed by atoms with Crippen LogP contribution in [0, 0.1) is 0 Å². The second kappa shape index (κ2) is 7.70. The summed E-state index contributed by atoms with van der Waals surface area (Å²) in [5.41, 5.74) is 1.98. The van der Waals surface area contributed by atoms with Gasteiger partial charge in [-0.1, -0.05) is 61.5 Å². The minimum Gasteiger partial charge on any atom is -0.348 e. The number of hydrogen-bond acceptors (Lipinski definition) is 3. The van der Waals surface area contributed by atoms with Crippen LogP contribution in [-0.4, -0.2) is 29.3 Å². The molecule has 0 radical (unpaired) electrons. The highest BCUT2D eigenvalue weighted by molar-refractivity contribution is 6.09. The molecule has 1 heterocycles. The number of amides is 4. The third-order valence-electron chi connectivity index (χ3n) is 5.98. The third kappa shape index (κ3) is 3.39. The van der Waals surface area contributed by atoms with Crippen LogP contribution in [0.5, 0.6) is 0 Å². The standard InChI is InChI=1S/C23H25N3O3/c1-2-23(17-11-4-3-5-12-17)21(28)26(22(29)25-23)15-20(27)24-19-14-8-10-16-9-6-7-13-18(16)19/h3-7,9,11-13,19H,2,8,10,14-15H2,1H3,(H,24,27)(H,25,29)/t19-,23+/m1/s1. The van der Waals surface area contributed by atoms with Gasteiger partial charge in [0.25, 0.3) is 5.91 Å². The lowest BCUT2D eigenvalue weighted by Crippen LogP contribution is -2.45. The monoisotopic (exact) mass is 391 g/mol. The Kier molecular flexibility index (Phi) is 5.09. The molecule has 1 saturated heterocycles. The van der Waals surface area contributed by atoms with E-state index >= 15 is 0 Å². The van der Waals surface area contributed by atoms with Crippen molar-refractivity contribution in [1.29, 1.82) is 0 Å². The van der Waals surface area contributed by atoms with Gasteiger partial charge >= 0.3 is 6.03 Å². The maximum atomic E-state index is 13.2. The number of imide groups is 1. The lowest BCUT2D eigenvalue weighted by molar-refractivity contribution is -0.135. The summed E-state index contributed by atoms with van der Waals surface area (Å²) < 4.78 is 0. The fraction of sp³-hybridized carbons (Fsp3) is 0.348. The maximum Gasteiger partial charge on any atom is 0.325 e. The van der Waals surface area contributed by atoms with Crippen LogP contribution >= 0.6 is 0 Å². The van der Waals surface area contributed by atoms with E-state index in [4.69, 9.17) is 0 Å². The van der Waals surface area contributed by atoms with E-state index in [2.05, 4.69) is 16.7 Å². The van der Waals surface area contributed by atoms with Gasteiger partial charge in [0.2, 0.25) is 5.91 Å². The van der Waals surface area contributed by atoms with Crippen LogP contribution in [0.1, 0.15) is 48.9 Å². The van der Waals surface area contributed by atoms with Gasteiger partial charge in [-0.05, 0) is 42.4 Å². The average molecular weight is 391 g/mol. The smallest absolute Gasteiger partial charge is 0.325 e. The lowest BCUT2D eigenvalue weighted by atomic mass is 9.87. The van der Waals surface area contributed by atoms with Crippen LogP contribution < -0.4 is 10.6 Å². The molecule has 1 aliphatic carbocycles. The van der Waals surface area contributed by atoms with Gasteiger partial charge in [-0.15, -0.1) is 0 Å². The molecule has 2 aromatic carbocycles. The first-order chi connectivity index (χ1) is 14.0. The van der Waals surface area contributed by atoms with Crippen molar-refractivity contribution < 1.29 is 14.4 Å². The van der Waals surface area contributed by atoms with Crippen molar-refractivity contribution in [2.75, 3.05) is 6.54 Å². The number of aryl methyl sites for hydroxylation is 1. The molecule has 2 aromatic rings. The Morgan fingerprint density at radius 3 is 2.62 bits per heavy atom. The molecule has 150 valence electrons. The molecule has 6 nitrogen and oxygen atoms in total. The fourth-order valence-corrected chi connectivity index (χ4v) is 4.42. The highest BCUT2D eigenvalue weighted by atomic mass is 16.2. The van der Waals surface area contributed by atoms with E-state index in [0.717, 1.165) is 35.3 Å². The molecule has 0 unspecified atom stereocenters. The lowest BCUT2D eigenvalue weighted by Gasteiger charge is -2.27. The van der Waals surface area contributed by atoms with Crippen molar-refractivity contribution in [3.05, 3.63) is 71.3 Å². The summed E-state index contributed by atoms with van der Waals surface area (Å²) in [4.78, 5) is 39.5. The van der Waals surface area contributed by atoms with Crippen molar-refractivity contribution in [2.24, 2.45) is 0 Å². The van der Waals surface area contributed by atoms with Gasteiger partial charge in [-0.25, -0.2) is 4.79 Å². The summed E-state index contributed by atoms with van der Waals surface area (Å²) in [5.74, 6) is -0.703. The largest absolute Gasteiger partial charge is 0.348 e. The number of urea groups is 1. The van der Waals surface area contributed by atoms with Crippen molar-refractivity contribution in [1.82, 2.24) is 15.5 Å². The molecule has 1 aliphatic heterocycles. The molecule has 1 fully saturated rings. The van der Waals surface area contributed by atoms with E-state index in [1.807, 2.05) is 55.5 Å². The first-order valence-corrected chi connectivity index (χ1v) is 10.1. The zero-order valence-corrected chi connectivity index (χ0v) is 16.5. The van der Waals surface area contributed by atoms with E-state index in [9.17, 15) is 14.4 Å². The van der Waals surface area contributed by atoms with E-state index < -0.39 is 11.6 Å². The number of hydrogen-bond donors (Lipinski definition) is 2. The summed E-state index contributed by atoms with van der Waals surface area (Å²) in [7, 11) is 0. The van der Waals surface area contributed by atoms with E-state index in [1.165, 1.54) is 5.56 Å². The second-order valence-electron chi connectivity index (χ2n) is 7.66. The molecule has 2 atom stereocenters. The van der Waals surface area contributed by atoms with Crippen molar-refractivity contribution in [3.8, 4) is 0 Å². The summed E-state index contributed by atoms with van der Waals surface area (Å²) in [6, 6.07) is 16.7. The maximum absolute atomic E-state index is 13.2. The second-order valence-corrected chi connectivity index (χ2v) is 7.66. The molecule has 29 heavy (non-hydrogen) atoms. The Morgan fingerprint density at radius 2 is 1.86 bits per heavy atom. The highest BCUT2D eigenvalue weighted by Crippen LogP contribution is 2.33. The number of nitrogens with one attached hydrogen (secondary N) is 2. The van der Waals surface area contributed by atoms with Gasteiger partial charge < -0.3 is 10.6 Å². The molecule has 0 spiro atoms. The zero-order valence-electron chi connectivity index (χ0n) is 16.5. The normalized spacial score (nSPS) is 23.5. The average Bonchev–Trinajstić information content (AvgIpc) is 3.00. The molecule has 0 aromatic heterocycles. The minimum absolute atomic E-state index is 0.0849. The highest BCUT2D eigenvalue weighted by Gasteiger charge is 2.51. The number of carbonyl (C=O) groups excluding carboxylic acids is 3. The van der Waals surface area contributed by atoms with Crippen LogP contribution in [0.3, 0.4) is 0 Å². The van der Waals surface area contributed by atoms with Gasteiger partial charge in [0, 0.05) is 0 Å². The Balaban J connectivity index is 1.49. The number of nitrogens with zero attached hydrogens (tertiary/aromatic N) is 1. The third-order valence-corrected chi connectivity index (χ3v) is 5.98.